The first-order valence-electron chi connectivity index (χ1n) is 8.35. The van der Waals surface area contributed by atoms with Gasteiger partial charge in [-0.15, -0.1) is 5.10 Å². The van der Waals surface area contributed by atoms with Crippen LogP contribution in [0.4, 0.5) is 13.2 Å². The molecule has 0 N–H and O–H groups in total. The Morgan fingerprint density at radius 2 is 2.00 bits per heavy atom. The van der Waals surface area contributed by atoms with Gasteiger partial charge in [-0.2, -0.15) is 18.2 Å². The summed E-state index contributed by atoms with van der Waals surface area (Å²) in [6, 6.07) is 6.96. The highest BCUT2D eigenvalue weighted by atomic mass is 35.5. The fourth-order valence-corrected chi connectivity index (χ4v) is 2.99. The molecule has 6 nitrogen and oxygen atoms in total. The lowest BCUT2D eigenvalue weighted by Crippen LogP contribution is -2.11. The molecular weight excluding hydrogens is 397 g/mol. The SMILES string of the molecule is Cc1nc2nc(C(F)(F)F)nn2c(C)c1CCC(=O)OCc1cccc(Cl)c1. The highest BCUT2D eigenvalue weighted by Gasteiger charge is 2.36. The van der Waals surface area contributed by atoms with Gasteiger partial charge in [0.25, 0.3) is 11.6 Å². The Balaban J connectivity index is 1.70. The Hall–Kier alpha value is -2.68. The van der Waals surface area contributed by atoms with Gasteiger partial charge >= 0.3 is 12.1 Å². The van der Waals surface area contributed by atoms with Crippen LogP contribution in [0.1, 0.15) is 34.8 Å². The summed E-state index contributed by atoms with van der Waals surface area (Å²) in [5.74, 6) is -1.82. The van der Waals surface area contributed by atoms with Gasteiger partial charge in [0.2, 0.25) is 0 Å². The number of halogens is 4. The summed E-state index contributed by atoms with van der Waals surface area (Å²) in [5.41, 5.74) is 2.34. The lowest BCUT2D eigenvalue weighted by atomic mass is 10.1. The van der Waals surface area contributed by atoms with E-state index in [0.717, 1.165) is 10.1 Å². The van der Waals surface area contributed by atoms with Gasteiger partial charge in [0.1, 0.15) is 6.61 Å². The quantitative estimate of drug-likeness (QED) is 0.590. The van der Waals surface area contributed by atoms with E-state index >= 15 is 0 Å². The first-order valence-corrected chi connectivity index (χ1v) is 8.73. The van der Waals surface area contributed by atoms with E-state index in [-0.39, 0.29) is 25.2 Å². The third-order valence-electron chi connectivity index (χ3n) is 4.17. The molecule has 0 saturated carbocycles. The van der Waals surface area contributed by atoms with Crippen molar-refractivity contribution in [3.05, 3.63) is 57.6 Å². The highest BCUT2D eigenvalue weighted by Crippen LogP contribution is 2.27. The smallest absolute Gasteiger partial charge is 0.453 e. The second-order valence-corrected chi connectivity index (χ2v) is 6.63. The van der Waals surface area contributed by atoms with Crippen LogP contribution in [0.15, 0.2) is 24.3 Å². The molecule has 0 radical (unpaired) electrons. The van der Waals surface area contributed by atoms with E-state index < -0.39 is 18.0 Å². The minimum Gasteiger partial charge on any atom is -0.461 e. The largest absolute Gasteiger partial charge is 0.461 e. The van der Waals surface area contributed by atoms with Crippen LogP contribution in [0.3, 0.4) is 0 Å². The van der Waals surface area contributed by atoms with E-state index in [1.54, 1.807) is 38.1 Å². The van der Waals surface area contributed by atoms with E-state index in [4.69, 9.17) is 16.3 Å². The molecule has 0 amide bonds. The van der Waals surface area contributed by atoms with Crippen LogP contribution < -0.4 is 0 Å². The van der Waals surface area contributed by atoms with Gasteiger partial charge in [-0.05, 0) is 43.5 Å². The molecule has 0 aliphatic carbocycles. The maximum atomic E-state index is 12.8. The van der Waals surface area contributed by atoms with Crippen LogP contribution >= 0.6 is 11.6 Å². The fourth-order valence-electron chi connectivity index (χ4n) is 2.78. The molecule has 0 spiro atoms. The molecule has 2 aromatic heterocycles. The zero-order chi connectivity index (χ0) is 20.5. The molecule has 28 heavy (non-hydrogen) atoms. The van der Waals surface area contributed by atoms with Crippen molar-refractivity contribution in [2.24, 2.45) is 0 Å². The number of benzene rings is 1. The summed E-state index contributed by atoms with van der Waals surface area (Å²) in [7, 11) is 0. The normalized spacial score (nSPS) is 11.8. The summed E-state index contributed by atoms with van der Waals surface area (Å²) < 4.78 is 44.7. The van der Waals surface area contributed by atoms with Crippen LogP contribution in [0.2, 0.25) is 5.02 Å². The van der Waals surface area contributed by atoms with Crippen molar-refractivity contribution in [2.45, 2.75) is 39.5 Å². The van der Waals surface area contributed by atoms with E-state index in [9.17, 15) is 18.0 Å². The van der Waals surface area contributed by atoms with Crippen molar-refractivity contribution in [2.75, 3.05) is 0 Å². The van der Waals surface area contributed by atoms with E-state index in [1.807, 2.05) is 0 Å². The van der Waals surface area contributed by atoms with Gasteiger partial charge in [-0.1, -0.05) is 23.7 Å². The maximum absolute atomic E-state index is 12.8. The molecule has 3 aromatic rings. The first-order chi connectivity index (χ1) is 13.1. The van der Waals surface area contributed by atoms with Gasteiger partial charge in [-0.25, -0.2) is 9.50 Å². The first kappa shape index (κ1) is 20.1. The van der Waals surface area contributed by atoms with Gasteiger partial charge in [0.05, 0.1) is 0 Å². The second kappa shape index (κ2) is 7.75. The molecule has 0 fully saturated rings. The summed E-state index contributed by atoms with van der Waals surface area (Å²) in [6.45, 7) is 3.36. The van der Waals surface area contributed by atoms with Crippen LogP contribution in [0.25, 0.3) is 5.78 Å². The average molecular weight is 413 g/mol. The number of fused-ring (bicyclic) bond motifs is 1. The van der Waals surface area contributed by atoms with E-state index in [1.165, 1.54) is 0 Å². The second-order valence-electron chi connectivity index (χ2n) is 6.20. The Morgan fingerprint density at radius 3 is 2.68 bits per heavy atom. The van der Waals surface area contributed by atoms with Crippen LogP contribution in [-0.4, -0.2) is 25.6 Å². The summed E-state index contributed by atoms with van der Waals surface area (Å²) >= 11 is 5.88. The molecule has 1 aromatic carbocycles. The van der Waals surface area contributed by atoms with Crippen LogP contribution in [0, 0.1) is 13.8 Å². The third-order valence-corrected chi connectivity index (χ3v) is 4.41. The number of nitrogens with zero attached hydrogens (tertiary/aromatic N) is 4. The summed E-state index contributed by atoms with van der Waals surface area (Å²) in [6.07, 6.45) is -4.34. The molecule has 3 rings (SSSR count). The minimum atomic E-state index is -4.65. The van der Waals surface area contributed by atoms with Gasteiger partial charge < -0.3 is 4.74 Å². The predicted octanol–water partition coefficient (Wildman–Crippen LogP) is 4.09. The number of hydrogen-bond acceptors (Lipinski definition) is 5. The van der Waals surface area contributed by atoms with Crippen molar-refractivity contribution >= 4 is 23.3 Å². The third kappa shape index (κ3) is 4.41. The van der Waals surface area contributed by atoms with Crippen molar-refractivity contribution in [3.63, 3.8) is 0 Å². The monoisotopic (exact) mass is 412 g/mol. The molecule has 0 aliphatic rings. The number of alkyl halides is 3. The number of carbonyl (C=O) groups is 1. The molecular formula is C18H16ClF3N4O2. The lowest BCUT2D eigenvalue weighted by Gasteiger charge is -2.10. The molecule has 0 saturated heterocycles. The fraction of sp³-hybridized carbons (Fsp3) is 0.333. The number of esters is 1. The maximum Gasteiger partial charge on any atom is 0.453 e. The Labute approximate surface area is 163 Å². The number of ether oxygens (including phenoxy) is 1. The highest BCUT2D eigenvalue weighted by molar-refractivity contribution is 6.30. The number of carbonyl (C=O) groups excluding carboxylic acids is 1. The lowest BCUT2D eigenvalue weighted by molar-refractivity contribution is -0.145. The van der Waals surface area contributed by atoms with Crippen molar-refractivity contribution in [1.29, 1.82) is 0 Å². The average Bonchev–Trinajstić information content (AvgIpc) is 3.04. The Bertz CT molecular complexity index is 1030. The molecule has 0 bridgehead atoms. The van der Waals surface area contributed by atoms with Crippen molar-refractivity contribution in [3.8, 4) is 0 Å². The van der Waals surface area contributed by atoms with Gasteiger partial charge in [0.15, 0.2) is 0 Å². The molecule has 148 valence electrons. The molecule has 10 heteroatoms. The minimum absolute atomic E-state index is 0.0518. The number of aryl methyl sites for hydroxylation is 2. The van der Waals surface area contributed by atoms with E-state index in [2.05, 4.69) is 15.1 Å². The van der Waals surface area contributed by atoms with Gasteiger partial charge in [0, 0.05) is 22.8 Å². The predicted molar refractivity (Wildman–Crippen MR) is 94.8 cm³/mol. The van der Waals surface area contributed by atoms with Crippen molar-refractivity contribution < 1.29 is 22.7 Å². The van der Waals surface area contributed by atoms with Crippen molar-refractivity contribution in [1.82, 2.24) is 19.6 Å². The van der Waals surface area contributed by atoms with Gasteiger partial charge in [-0.3, -0.25) is 4.79 Å². The Kier molecular flexibility index (Phi) is 5.55. The summed E-state index contributed by atoms with van der Waals surface area (Å²) in [4.78, 5) is 19.5. The topological polar surface area (TPSA) is 69.4 Å². The molecule has 2 heterocycles. The van der Waals surface area contributed by atoms with Crippen LogP contribution in [0.5, 0.6) is 0 Å². The van der Waals surface area contributed by atoms with Crippen LogP contribution in [-0.2, 0) is 28.7 Å². The summed E-state index contributed by atoms with van der Waals surface area (Å²) in [5, 5.41) is 4.03. The standard InChI is InChI=1S/C18H16ClF3N4O2/c1-10-14(6-7-15(27)28-9-12-4-3-5-13(19)8-12)11(2)26-17(23-10)24-16(25-26)18(20,21)22/h3-5,8H,6-7,9H2,1-2H3. The zero-order valence-electron chi connectivity index (χ0n) is 15.0. The molecule has 0 unspecified atom stereocenters. The number of rotatable bonds is 5. The molecule has 0 aliphatic heterocycles. The number of aromatic nitrogens is 4. The number of hydrogen-bond donors (Lipinski definition) is 0. The molecule has 0 atom stereocenters. The Morgan fingerprint density at radius 1 is 1.25 bits per heavy atom. The zero-order valence-corrected chi connectivity index (χ0v) is 15.8. The van der Waals surface area contributed by atoms with E-state index in [0.29, 0.717) is 22.0 Å².